The second-order valence-corrected chi connectivity index (χ2v) is 2.89. The van der Waals surface area contributed by atoms with Gasteiger partial charge in [-0.15, -0.1) is 0 Å². The van der Waals surface area contributed by atoms with E-state index in [1.807, 2.05) is 0 Å². The van der Waals surface area contributed by atoms with E-state index in [-0.39, 0.29) is 10.8 Å². The normalized spacial score (nSPS) is 10.2. The van der Waals surface area contributed by atoms with Crippen LogP contribution in [0, 0.1) is 5.82 Å². The van der Waals surface area contributed by atoms with Crippen molar-refractivity contribution in [1.29, 1.82) is 0 Å². The molecule has 1 aromatic rings. The third kappa shape index (κ3) is 2.16. The zero-order valence-electron chi connectivity index (χ0n) is 6.56. The minimum atomic E-state index is -0.375. The number of hydrogen-bond donors (Lipinski definition) is 1. The Morgan fingerprint density at radius 1 is 1.50 bits per heavy atom. The second kappa shape index (κ2) is 4.38. The highest BCUT2D eigenvalue weighted by Crippen LogP contribution is 2.16. The van der Waals surface area contributed by atoms with E-state index < -0.39 is 0 Å². The molecule has 2 nitrogen and oxygen atoms in total. The lowest BCUT2D eigenvalue weighted by Crippen LogP contribution is -2.02. The van der Waals surface area contributed by atoms with Crippen LogP contribution in [0.3, 0.4) is 0 Å². The van der Waals surface area contributed by atoms with Crippen LogP contribution in [-0.2, 0) is 6.42 Å². The number of nitrogens with two attached hydrogens (primary N) is 1. The quantitative estimate of drug-likeness (QED) is 0.785. The number of aryl methyl sites for hydroxylation is 1. The van der Waals surface area contributed by atoms with Gasteiger partial charge in [-0.3, -0.25) is 4.98 Å². The Balaban J connectivity index is 2.78. The van der Waals surface area contributed by atoms with Gasteiger partial charge in [-0.25, -0.2) is 4.39 Å². The summed E-state index contributed by atoms with van der Waals surface area (Å²) in [7, 11) is 0. The van der Waals surface area contributed by atoms with Gasteiger partial charge in [-0.2, -0.15) is 0 Å². The minimum Gasteiger partial charge on any atom is -0.330 e. The van der Waals surface area contributed by atoms with E-state index in [1.165, 1.54) is 12.4 Å². The van der Waals surface area contributed by atoms with Crippen molar-refractivity contribution in [2.75, 3.05) is 6.54 Å². The van der Waals surface area contributed by atoms with Crippen LogP contribution in [0.5, 0.6) is 0 Å². The van der Waals surface area contributed by atoms with Crippen LogP contribution in [0.25, 0.3) is 0 Å². The van der Waals surface area contributed by atoms with Gasteiger partial charge in [-0.05, 0) is 19.4 Å². The van der Waals surface area contributed by atoms with Crippen molar-refractivity contribution < 1.29 is 4.39 Å². The molecule has 0 aromatic carbocycles. The molecule has 1 heterocycles. The third-order valence-corrected chi connectivity index (χ3v) is 1.82. The SMILES string of the molecule is NCCCc1cncc(Cl)c1F. The van der Waals surface area contributed by atoms with Gasteiger partial charge in [0.25, 0.3) is 0 Å². The summed E-state index contributed by atoms with van der Waals surface area (Å²) in [5.74, 6) is -0.375. The molecule has 0 amide bonds. The lowest BCUT2D eigenvalue weighted by molar-refractivity contribution is 0.602. The first-order chi connectivity index (χ1) is 5.75. The van der Waals surface area contributed by atoms with Crippen molar-refractivity contribution in [3.8, 4) is 0 Å². The Kier molecular flexibility index (Phi) is 3.44. The number of rotatable bonds is 3. The van der Waals surface area contributed by atoms with Gasteiger partial charge in [0.1, 0.15) is 5.82 Å². The van der Waals surface area contributed by atoms with Gasteiger partial charge in [0.2, 0.25) is 0 Å². The van der Waals surface area contributed by atoms with Crippen molar-refractivity contribution in [2.24, 2.45) is 5.73 Å². The molecule has 0 fully saturated rings. The highest BCUT2D eigenvalue weighted by molar-refractivity contribution is 6.30. The molecule has 0 aliphatic carbocycles. The van der Waals surface area contributed by atoms with E-state index in [1.54, 1.807) is 0 Å². The molecule has 0 aliphatic heterocycles. The average molecular weight is 189 g/mol. The van der Waals surface area contributed by atoms with Gasteiger partial charge in [0.15, 0.2) is 0 Å². The van der Waals surface area contributed by atoms with E-state index in [2.05, 4.69) is 4.98 Å². The second-order valence-electron chi connectivity index (χ2n) is 2.49. The molecule has 0 aliphatic rings. The molecule has 0 spiro atoms. The molecule has 1 aromatic heterocycles. The summed E-state index contributed by atoms with van der Waals surface area (Å²) in [6.07, 6.45) is 4.12. The average Bonchev–Trinajstić information content (AvgIpc) is 2.08. The number of nitrogens with zero attached hydrogens (tertiary/aromatic N) is 1. The van der Waals surface area contributed by atoms with E-state index in [0.717, 1.165) is 6.42 Å². The van der Waals surface area contributed by atoms with Crippen molar-refractivity contribution in [3.05, 3.63) is 28.8 Å². The first-order valence-electron chi connectivity index (χ1n) is 3.73. The van der Waals surface area contributed by atoms with E-state index in [0.29, 0.717) is 18.5 Å². The molecule has 4 heteroatoms. The van der Waals surface area contributed by atoms with Crippen molar-refractivity contribution in [2.45, 2.75) is 12.8 Å². The monoisotopic (exact) mass is 188 g/mol. The van der Waals surface area contributed by atoms with Gasteiger partial charge < -0.3 is 5.73 Å². The molecular formula is C8H10ClFN2. The summed E-state index contributed by atoms with van der Waals surface area (Å²) in [5, 5.41) is 0.0736. The number of hydrogen-bond acceptors (Lipinski definition) is 2. The zero-order valence-corrected chi connectivity index (χ0v) is 7.31. The maximum Gasteiger partial charge on any atom is 0.148 e. The maximum absolute atomic E-state index is 13.1. The van der Waals surface area contributed by atoms with Gasteiger partial charge in [0.05, 0.1) is 5.02 Å². The Morgan fingerprint density at radius 3 is 2.92 bits per heavy atom. The first-order valence-corrected chi connectivity index (χ1v) is 4.11. The molecule has 0 atom stereocenters. The van der Waals surface area contributed by atoms with Crippen LogP contribution in [0.4, 0.5) is 4.39 Å². The summed E-state index contributed by atoms with van der Waals surface area (Å²) >= 11 is 5.52. The number of halogens is 2. The van der Waals surface area contributed by atoms with E-state index in [9.17, 15) is 4.39 Å². The minimum absolute atomic E-state index is 0.0736. The van der Waals surface area contributed by atoms with Gasteiger partial charge in [0, 0.05) is 18.0 Å². The molecule has 66 valence electrons. The van der Waals surface area contributed by atoms with Gasteiger partial charge in [-0.1, -0.05) is 11.6 Å². The van der Waals surface area contributed by atoms with Crippen LogP contribution in [-0.4, -0.2) is 11.5 Å². The summed E-state index contributed by atoms with van der Waals surface area (Å²) in [6, 6.07) is 0. The zero-order chi connectivity index (χ0) is 8.97. The van der Waals surface area contributed by atoms with Gasteiger partial charge >= 0.3 is 0 Å². The number of pyridine rings is 1. The molecule has 0 bridgehead atoms. The lowest BCUT2D eigenvalue weighted by atomic mass is 10.1. The highest BCUT2D eigenvalue weighted by Gasteiger charge is 2.05. The van der Waals surface area contributed by atoms with Crippen molar-refractivity contribution in [3.63, 3.8) is 0 Å². The molecule has 0 saturated heterocycles. The predicted molar refractivity (Wildman–Crippen MR) is 46.6 cm³/mol. The lowest BCUT2D eigenvalue weighted by Gasteiger charge is -2.01. The molecule has 0 saturated carbocycles. The largest absolute Gasteiger partial charge is 0.330 e. The van der Waals surface area contributed by atoms with Crippen LogP contribution < -0.4 is 5.73 Å². The summed E-state index contributed by atoms with van der Waals surface area (Å²) < 4.78 is 13.1. The molecule has 12 heavy (non-hydrogen) atoms. The molecule has 2 N–H and O–H groups in total. The Bertz CT molecular complexity index is 265. The molecule has 1 rings (SSSR count). The fourth-order valence-corrected chi connectivity index (χ4v) is 1.10. The van der Waals surface area contributed by atoms with Crippen LogP contribution in [0.15, 0.2) is 12.4 Å². The fourth-order valence-electron chi connectivity index (χ4n) is 0.926. The highest BCUT2D eigenvalue weighted by atomic mass is 35.5. The Morgan fingerprint density at radius 2 is 2.25 bits per heavy atom. The van der Waals surface area contributed by atoms with E-state index >= 15 is 0 Å². The summed E-state index contributed by atoms with van der Waals surface area (Å²) in [4.78, 5) is 3.79. The Labute approximate surface area is 75.6 Å². The standard InChI is InChI=1S/C8H10ClFN2/c9-7-5-12-4-6(8(7)10)2-1-3-11/h4-5H,1-3,11H2. The van der Waals surface area contributed by atoms with Crippen molar-refractivity contribution >= 4 is 11.6 Å². The van der Waals surface area contributed by atoms with Crippen LogP contribution in [0.1, 0.15) is 12.0 Å². The fraction of sp³-hybridized carbons (Fsp3) is 0.375. The Hall–Kier alpha value is -0.670. The molecular weight excluding hydrogens is 179 g/mol. The number of aromatic nitrogens is 1. The van der Waals surface area contributed by atoms with Crippen LogP contribution >= 0.6 is 11.6 Å². The molecule has 0 unspecified atom stereocenters. The van der Waals surface area contributed by atoms with Crippen molar-refractivity contribution in [1.82, 2.24) is 4.98 Å². The van der Waals surface area contributed by atoms with E-state index in [4.69, 9.17) is 17.3 Å². The molecule has 0 radical (unpaired) electrons. The summed E-state index contributed by atoms with van der Waals surface area (Å²) in [6.45, 7) is 0.548. The maximum atomic E-state index is 13.1. The van der Waals surface area contributed by atoms with Crippen LogP contribution in [0.2, 0.25) is 5.02 Å². The first kappa shape index (κ1) is 9.42. The topological polar surface area (TPSA) is 38.9 Å². The smallest absolute Gasteiger partial charge is 0.148 e. The third-order valence-electron chi connectivity index (χ3n) is 1.56. The summed E-state index contributed by atoms with van der Waals surface area (Å²) in [5.41, 5.74) is 5.82. The predicted octanol–water partition coefficient (Wildman–Crippen LogP) is 1.77.